The molecule has 2 rings (SSSR count). The van der Waals surface area contributed by atoms with Gasteiger partial charge in [0.25, 0.3) is 0 Å². The fourth-order valence-electron chi connectivity index (χ4n) is 3.31. The number of nitrogens with one attached hydrogen (secondary N) is 1. The molecule has 0 aromatic heterocycles. The zero-order valence-corrected chi connectivity index (χ0v) is 15.5. The van der Waals surface area contributed by atoms with Crippen LogP contribution in [0.15, 0.2) is 18.2 Å². The number of benzene rings is 1. The van der Waals surface area contributed by atoms with Crippen LogP contribution in [0.2, 0.25) is 0 Å². The van der Waals surface area contributed by atoms with E-state index in [9.17, 15) is 9.59 Å². The van der Waals surface area contributed by atoms with Crippen molar-refractivity contribution in [3.05, 3.63) is 23.8 Å². The Kier molecular flexibility index (Phi) is 7.56. The van der Waals surface area contributed by atoms with Gasteiger partial charge in [-0.15, -0.1) is 0 Å². The molecule has 7 heteroatoms. The summed E-state index contributed by atoms with van der Waals surface area (Å²) in [4.78, 5) is 25.2. The molecule has 1 fully saturated rings. The summed E-state index contributed by atoms with van der Waals surface area (Å²) >= 11 is 0. The van der Waals surface area contributed by atoms with Crippen molar-refractivity contribution < 1.29 is 24.2 Å². The van der Waals surface area contributed by atoms with Gasteiger partial charge in [-0.3, -0.25) is 4.79 Å². The standard InChI is InChI=1S/C19H28N2O5/c1-25-16-9-8-14(12-17(16)26-2)13-21(15-6-4-3-5-7-15)19(24)20-11-10-18(22)23/h8-9,12,15H,3-7,10-11,13H2,1-2H3,(H,20,24)(H,22,23). The third-order valence-electron chi connectivity index (χ3n) is 4.69. The van der Waals surface area contributed by atoms with Crippen LogP contribution in [-0.2, 0) is 11.3 Å². The normalized spacial score (nSPS) is 14.5. The van der Waals surface area contributed by atoms with E-state index in [2.05, 4.69) is 5.32 Å². The first-order valence-corrected chi connectivity index (χ1v) is 9.02. The van der Waals surface area contributed by atoms with E-state index in [4.69, 9.17) is 14.6 Å². The molecule has 0 heterocycles. The van der Waals surface area contributed by atoms with Gasteiger partial charge in [0.2, 0.25) is 0 Å². The van der Waals surface area contributed by atoms with E-state index in [1.165, 1.54) is 6.42 Å². The zero-order valence-electron chi connectivity index (χ0n) is 15.5. The van der Waals surface area contributed by atoms with Crippen LogP contribution in [0.5, 0.6) is 11.5 Å². The van der Waals surface area contributed by atoms with E-state index < -0.39 is 5.97 Å². The van der Waals surface area contributed by atoms with E-state index in [1.54, 1.807) is 14.2 Å². The molecule has 7 nitrogen and oxygen atoms in total. The molecule has 1 aliphatic carbocycles. The van der Waals surface area contributed by atoms with Crippen LogP contribution < -0.4 is 14.8 Å². The van der Waals surface area contributed by atoms with Gasteiger partial charge in [-0.1, -0.05) is 25.3 Å². The molecule has 0 spiro atoms. The first-order chi connectivity index (χ1) is 12.5. The topological polar surface area (TPSA) is 88.1 Å². The minimum atomic E-state index is -0.922. The molecule has 0 atom stereocenters. The number of amides is 2. The molecule has 0 saturated heterocycles. The van der Waals surface area contributed by atoms with Crippen LogP contribution in [0.25, 0.3) is 0 Å². The van der Waals surface area contributed by atoms with Crippen LogP contribution in [-0.4, -0.2) is 48.8 Å². The van der Waals surface area contributed by atoms with Gasteiger partial charge < -0.3 is 24.8 Å². The average molecular weight is 364 g/mol. The molecule has 26 heavy (non-hydrogen) atoms. The number of rotatable bonds is 8. The second-order valence-electron chi connectivity index (χ2n) is 6.48. The lowest BCUT2D eigenvalue weighted by molar-refractivity contribution is -0.136. The maximum Gasteiger partial charge on any atom is 0.317 e. The predicted octanol–water partition coefficient (Wildman–Crippen LogP) is 3.02. The minimum absolute atomic E-state index is 0.0827. The number of aliphatic carboxylic acids is 1. The fraction of sp³-hybridized carbons (Fsp3) is 0.579. The molecular weight excluding hydrogens is 336 g/mol. The predicted molar refractivity (Wildman–Crippen MR) is 97.6 cm³/mol. The third kappa shape index (κ3) is 5.54. The molecule has 2 N–H and O–H groups in total. The number of carboxylic acids is 1. The van der Waals surface area contributed by atoms with E-state index >= 15 is 0 Å². The van der Waals surface area contributed by atoms with Gasteiger partial charge in [-0.05, 0) is 30.5 Å². The number of carboxylic acid groups (broad SMARTS) is 1. The van der Waals surface area contributed by atoms with E-state index in [0.717, 1.165) is 31.2 Å². The number of hydrogen-bond donors (Lipinski definition) is 2. The molecule has 0 bridgehead atoms. The van der Waals surface area contributed by atoms with Crippen molar-refractivity contribution in [1.82, 2.24) is 10.2 Å². The Labute approximate surface area is 154 Å². The Balaban J connectivity index is 2.12. The highest BCUT2D eigenvalue weighted by molar-refractivity contribution is 5.75. The summed E-state index contributed by atoms with van der Waals surface area (Å²) in [5, 5.41) is 11.5. The summed E-state index contributed by atoms with van der Waals surface area (Å²) in [5.74, 6) is 0.348. The first kappa shape index (κ1) is 19.9. The van der Waals surface area contributed by atoms with Crippen LogP contribution in [0, 0.1) is 0 Å². The van der Waals surface area contributed by atoms with Crippen molar-refractivity contribution in [3.8, 4) is 11.5 Å². The highest BCUT2D eigenvalue weighted by atomic mass is 16.5. The largest absolute Gasteiger partial charge is 0.493 e. The summed E-state index contributed by atoms with van der Waals surface area (Å²) in [6.07, 6.45) is 5.27. The Hall–Kier alpha value is -2.44. The molecular formula is C19H28N2O5. The summed E-state index contributed by atoms with van der Waals surface area (Å²) in [6.45, 7) is 0.577. The van der Waals surface area contributed by atoms with Gasteiger partial charge in [0.05, 0.1) is 20.6 Å². The number of nitrogens with zero attached hydrogens (tertiary/aromatic N) is 1. The van der Waals surface area contributed by atoms with Crippen LogP contribution >= 0.6 is 0 Å². The van der Waals surface area contributed by atoms with Gasteiger partial charge in [0.15, 0.2) is 11.5 Å². The molecule has 0 unspecified atom stereocenters. The molecule has 1 saturated carbocycles. The van der Waals surface area contributed by atoms with Crippen molar-refractivity contribution in [3.63, 3.8) is 0 Å². The molecule has 2 amide bonds. The minimum Gasteiger partial charge on any atom is -0.493 e. The molecule has 0 radical (unpaired) electrons. The second-order valence-corrected chi connectivity index (χ2v) is 6.48. The lowest BCUT2D eigenvalue weighted by Crippen LogP contribution is -2.46. The molecule has 144 valence electrons. The number of urea groups is 1. The highest BCUT2D eigenvalue weighted by Crippen LogP contribution is 2.29. The lowest BCUT2D eigenvalue weighted by atomic mass is 9.94. The number of hydrogen-bond acceptors (Lipinski definition) is 4. The summed E-state index contributed by atoms with van der Waals surface area (Å²) < 4.78 is 10.6. The molecule has 1 aliphatic rings. The number of carbonyl (C=O) groups excluding carboxylic acids is 1. The summed E-state index contributed by atoms with van der Waals surface area (Å²) in [6, 6.07) is 5.57. The van der Waals surface area contributed by atoms with Crippen LogP contribution in [0.1, 0.15) is 44.1 Å². The quantitative estimate of drug-likeness (QED) is 0.740. The van der Waals surface area contributed by atoms with Crippen molar-refractivity contribution in [2.45, 2.75) is 51.1 Å². The lowest BCUT2D eigenvalue weighted by Gasteiger charge is -2.34. The monoisotopic (exact) mass is 364 g/mol. The Morgan fingerprint density at radius 3 is 2.46 bits per heavy atom. The van der Waals surface area contributed by atoms with Crippen LogP contribution in [0.3, 0.4) is 0 Å². The molecule has 1 aromatic carbocycles. The number of methoxy groups -OCH3 is 2. The molecule has 0 aliphatic heterocycles. The van der Waals surface area contributed by atoms with Crippen molar-refractivity contribution >= 4 is 12.0 Å². The van der Waals surface area contributed by atoms with E-state index in [-0.39, 0.29) is 25.0 Å². The summed E-state index contributed by atoms with van der Waals surface area (Å²) in [7, 11) is 3.17. The maximum absolute atomic E-state index is 12.7. The highest BCUT2D eigenvalue weighted by Gasteiger charge is 2.26. The first-order valence-electron chi connectivity index (χ1n) is 9.02. The maximum atomic E-state index is 12.7. The Morgan fingerprint density at radius 2 is 1.85 bits per heavy atom. The van der Waals surface area contributed by atoms with E-state index in [1.807, 2.05) is 23.1 Å². The van der Waals surface area contributed by atoms with Gasteiger partial charge in [-0.2, -0.15) is 0 Å². The zero-order chi connectivity index (χ0) is 18.9. The second kappa shape index (κ2) is 9.89. The van der Waals surface area contributed by atoms with Gasteiger partial charge in [0.1, 0.15) is 0 Å². The molecule has 1 aromatic rings. The van der Waals surface area contributed by atoms with Gasteiger partial charge >= 0.3 is 12.0 Å². The third-order valence-corrected chi connectivity index (χ3v) is 4.69. The van der Waals surface area contributed by atoms with Gasteiger partial charge in [-0.25, -0.2) is 4.79 Å². The SMILES string of the molecule is COc1ccc(CN(C(=O)NCCC(=O)O)C2CCCCC2)cc1OC. The summed E-state index contributed by atoms with van der Waals surface area (Å²) in [5.41, 5.74) is 0.946. The van der Waals surface area contributed by atoms with Gasteiger partial charge in [0, 0.05) is 19.1 Å². The smallest absolute Gasteiger partial charge is 0.317 e. The fourth-order valence-corrected chi connectivity index (χ4v) is 3.31. The number of ether oxygens (including phenoxy) is 2. The van der Waals surface area contributed by atoms with E-state index in [0.29, 0.717) is 18.0 Å². The van der Waals surface area contributed by atoms with Crippen LogP contribution in [0.4, 0.5) is 4.79 Å². The Bertz CT molecular complexity index is 614. The number of carbonyl (C=O) groups is 2. The van der Waals surface area contributed by atoms with Crippen molar-refractivity contribution in [2.24, 2.45) is 0 Å². The van der Waals surface area contributed by atoms with Crippen molar-refractivity contribution in [1.29, 1.82) is 0 Å². The average Bonchev–Trinajstić information content (AvgIpc) is 2.66. The Morgan fingerprint density at radius 1 is 1.15 bits per heavy atom. The van der Waals surface area contributed by atoms with Crippen molar-refractivity contribution in [2.75, 3.05) is 20.8 Å².